The summed E-state index contributed by atoms with van der Waals surface area (Å²) in [6.45, 7) is 37.8. The number of rotatable bonds is 10. The number of fused-ring (bicyclic) bond motifs is 8. The number of esters is 1. The van der Waals surface area contributed by atoms with Crippen molar-refractivity contribution in [1.29, 1.82) is 0 Å². The Kier molecular flexibility index (Phi) is 11.7. The summed E-state index contributed by atoms with van der Waals surface area (Å²) in [7, 11) is -2.18. The van der Waals surface area contributed by atoms with Crippen LogP contribution in [0.3, 0.4) is 0 Å². The van der Waals surface area contributed by atoms with Gasteiger partial charge in [0.1, 0.15) is 12.4 Å². The number of carbonyl (C=O) groups is 1. The molecule has 3 aromatic rings. The van der Waals surface area contributed by atoms with Crippen molar-refractivity contribution in [2.24, 2.45) is 44.8 Å². The molecule has 0 spiro atoms. The number of hydrogen-bond donors (Lipinski definition) is 2. The predicted molar refractivity (Wildman–Crippen MR) is 268 cm³/mol. The summed E-state index contributed by atoms with van der Waals surface area (Å²) in [5.41, 5.74) is 17.5. The molecule has 0 bridgehead atoms. The quantitative estimate of drug-likeness (QED) is 0.155. The lowest BCUT2D eigenvalue weighted by Crippen LogP contribution is -2.65. The van der Waals surface area contributed by atoms with Crippen LogP contribution in [0.5, 0.6) is 0 Å². The third-order valence-corrected chi connectivity index (χ3v) is 27.3. The zero-order chi connectivity index (χ0) is 46.7. The molecule has 9 heteroatoms. The highest BCUT2D eigenvalue weighted by molar-refractivity contribution is 6.82. The fraction of sp³-hybridized carbons (Fsp3) is 0.714. The molecule has 5 aliphatic carbocycles. The number of hydrogen-bond acceptors (Lipinski definition) is 6. The number of nitrogens with one attached hydrogen (secondary N) is 1. The monoisotopic (exact) mass is 904 g/mol. The van der Waals surface area contributed by atoms with E-state index in [4.69, 9.17) is 15.2 Å². The van der Waals surface area contributed by atoms with E-state index in [0.29, 0.717) is 40.9 Å². The molecule has 1 unspecified atom stereocenters. The number of aromatic nitrogens is 3. The van der Waals surface area contributed by atoms with Crippen LogP contribution in [0.15, 0.2) is 48.2 Å². The standard InChI is InChI=1S/C56H85N5O3Si/c1-36(2)65(37(3)4,38(5)6)61-33-40(29-41(61)34-60-25-27-63-28-26-60)42-30-46-53(11)31-43-48(58-59-49(43)57)52(9,10)45(53)19-20-54(46,12)55(13)22-24-56(23-21-51(7,8)32-44(56)47(42)55)50(62)64-35-39-17-15-14-16-18-39/h14-18,29,33,36-38,44-46H,19-28,30-32,34-35H2,1-13H3,(H3,57,58,59)/t44-,45-,46?,53-,54+,55+,56-/m0/s1. The van der Waals surface area contributed by atoms with E-state index in [0.717, 1.165) is 83.4 Å². The van der Waals surface area contributed by atoms with Crippen LogP contribution in [-0.4, -0.2) is 59.8 Å². The van der Waals surface area contributed by atoms with Crippen LogP contribution in [0, 0.1) is 44.8 Å². The highest BCUT2D eigenvalue weighted by Crippen LogP contribution is 2.77. The number of benzene rings is 1. The van der Waals surface area contributed by atoms with Gasteiger partial charge in [0.15, 0.2) is 8.24 Å². The van der Waals surface area contributed by atoms with Gasteiger partial charge in [-0.3, -0.25) is 14.8 Å². The summed E-state index contributed by atoms with van der Waals surface area (Å²) in [5, 5.41) is 8.13. The van der Waals surface area contributed by atoms with Crippen LogP contribution in [-0.2, 0) is 39.3 Å². The molecule has 3 heterocycles. The molecular weight excluding hydrogens is 819 g/mol. The maximum atomic E-state index is 15.3. The fourth-order valence-electron chi connectivity index (χ4n) is 17.3. The molecule has 356 valence electrons. The minimum absolute atomic E-state index is 0.00176. The Bertz CT molecular complexity index is 2280. The maximum Gasteiger partial charge on any atom is 0.313 e. The summed E-state index contributed by atoms with van der Waals surface area (Å²) in [6, 6.07) is 13.0. The van der Waals surface area contributed by atoms with E-state index in [1.807, 2.05) is 6.07 Å². The average molecular weight is 904 g/mol. The van der Waals surface area contributed by atoms with Gasteiger partial charge in [-0.25, -0.2) is 0 Å². The molecule has 4 fully saturated rings. The van der Waals surface area contributed by atoms with E-state index in [1.165, 1.54) is 35.4 Å². The Labute approximate surface area is 393 Å². The smallest absolute Gasteiger partial charge is 0.313 e. The number of nitrogens with two attached hydrogens (primary N) is 1. The lowest BCUT2D eigenvalue weighted by Gasteiger charge is -2.71. The van der Waals surface area contributed by atoms with E-state index in [2.05, 4.69) is 146 Å². The normalized spacial score (nSPS) is 33.3. The number of nitrogens with zero attached hydrogens (tertiary/aromatic N) is 3. The van der Waals surface area contributed by atoms with Gasteiger partial charge >= 0.3 is 5.97 Å². The van der Waals surface area contributed by atoms with Gasteiger partial charge in [0.25, 0.3) is 0 Å². The highest BCUT2D eigenvalue weighted by atomic mass is 28.3. The number of carbonyl (C=O) groups excluding carboxylic acids is 1. The Hall–Kier alpha value is -3.14. The van der Waals surface area contributed by atoms with Crippen molar-refractivity contribution in [1.82, 2.24) is 19.3 Å². The maximum absolute atomic E-state index is 15.3. The Morgan fingerprint density at radius 2 is 1.57 bits per heavy atom. The van der Waals surface area contributed by atoms with Gasteiger partial charge in [0.2, 0.25) is 0 Å². The first-order valence-electron chi connectivity index (χ1n) is 25.9. The molecular formula is C56H85N5O3Si. The molecule has 3 N–H and O–H groups in total. The molecule has 3 saturated carbocycles. The summed E-state index contributed by atoms with van der Waals surface area (Å²) in [6.07, 6.45) is 11.9. The van der Waals surface area contributed by atoms with Crippen molar-refractivity contribution in [3.63, 3.8) is 0 Å². The van der Waals surface area contributed by atoms with Gasteiger partial charge in [-0.15, -0.1) is 0 Å². The molecule has 65 heavy (non-hydrogen) atoms. The van der Waals surface area contributed by atoms with Crippen molar-refractivity contribution >= 4 is 25.6 Å². The molecule has 0 radical (unpaired) electrons. The third-order valence-electron chi connectivity index (χ3n) is 20.5. The molecule has 7 atom stereocenters. The topological polar surface area (TPSA) is 98.4 Å². The van der Waals surface area contributed by atoms with Crippen LogP contribution in [0.1, 0.15) is 169 Å². The number of H-pyrrole nitrogens is 1. The Morgan fingerprint density at radius 3 is 2.23 bits per heavy atom. The zero-order valence-corrected chi connectivity index (χ0v) is 43.8. The zero-order valence-electron chi connectivity index (χ0n) is 42.8. The largest absolute Gasteiger partial charge is 0.460 e. The van der Waals surface area contributed by atoms with Crippen molar-refractivity contribution < 1.29 is 14.3 Å². The number of morpholine rings is 1. The lowest BCUT2D eigenvalue weighted by atomic mass is 9.33. The first kappa shape index (κ1) is 46.9. The Balaban J connectivity index is 1.29. The van der Waals surface area contributed by atoms with Crippen molar-refractivity contribution in [2.75, 3.05) is 32.0 Å². The molecule has 1 aromatic carbocycles. The van der Waals surface area contributed by atoms with Gasteiger partial charge in [-0.2, -0.15) is 5.10 Å². The first-order valence-corrected chi connectivity index (χ1v) is 28.0. The van der Waals surface area contributed by atoms with Crippen LogP contribution >= 0.6 is 0 Å². The van der Waals surface area contributed by atoms with Gasteiger partial charge in [0, 0.05) is 48.2 Å². The van der Waals surface area contributed by atoms with Crippen LogP contribution in [0.2, 0.25) is 16.6 Å². The number of anilines is 1. The number of ether oxygens (including phenoxy) is 2. The van der Waals surface area contributed by atoms with E-state index < -0.39 is 13.7 Å². The van der Waals surface area contributed by atoms with Crippen LogP contribution in [0.25, 0.3) is 5.57 Å². The minimum Gasteiger partial charge on any atom is -0.460 e. The van der Waals surface area contributed by atoms with Gasteiger partial charge in [0.05, 0.1) is 18.6 Å². The molecule has 2 aromatic heterocycles. The Morgan fingerprint density at radius 1 is 0.908 bits per heavy atom. The van der Waals surface area contributed by atoms with Gasteiger partial charge in [-0.05, 0) is 137 Å². The predicted octanol–water partition coefficient (Wildman–Crippen LogP) is 12.7. The summed E-state index contributed by atoms with van der Waals surface area (Å²) in [4.78, 5) is 18.0. The summed E-state index contributed by atoms with van der Waals surface area (Å²) < 4.78 is 15.4. The molecule has 6 aliphatic rings. The number of allylic oxidation sites excluding steroid dienone is 2. The molecule has 0 amide bonds. The van der Waals surface area contributed by atoms with Crippen molar-refractivity contribution in [3.8, 4) is 0 Å². The summed E-state index contributed by atoms with van der Waals surface area (Å²) in [5.74, 6) is 1.73. The lowest BCUT2D eigenvalue weighted by molar-refractivity contribution is -0.181. The van der Waals surface area contributed by atoms with E-state index in [-0.39, 0.29) is 39.0 Å². The summed E-state index contributed by atoms with van der Waals surface area (Å²) >= 11 is 0. The molecule has 1 saturated heterocycles. The van der Waals surface area contributed by atoms with Crippen LogP contribution in [0.4, 0.5) is 5.82 Å². The molecule has 1 aliphatic heterocycles. The number of nitrogen functional groups attached to an aromatic ring is 1. The average Bonchev–Trinajstić information content (AvgIpc) is 3.83. The van der Waals surface area contributed by atoms with Crippen molar-refractivity contribution in [3.05, 3.63) is 76.2 Å². The second kappa shape index (κ2) is 16.2. The van der Waals surface area contributed by atoms with Gasteiger partial charge in [-0.1, -0.05) is 126 Å². The van der Waals surface area contributed by atoms with E-state index >= 15 is 4.79 Å². The second-order valence-corrected chi connectivity index (χ2v) is 31.0. The fourth-order valence-corrected chi connectivity index (χ4v) is 24.0. The van der Waals surface area contributed by atoms with Crippen LogP contribution < -0.4 is 5.73 Å². The molecule has 8 nitrogen and oxygen atoms in total. The van der Waals surface area contributed by atoms with E-state index in [9.17, 15) is 0 Å². The second-order valence-electron chi connectivity index (χ2n) is 25.3. The SMILES string of the molecule is CC(C)[Si](C(C)C)(C(C)C)n1cc(C2=C3[C@@H]4CC(C)(C)CC[C@]4(C(=O)OCc4ccccc4)CC[C@@]3(C)[C@]3(C)CC[C@H]4C(C)(C)c5[nH]nc(N)c5C[C@]4(C)C3C2)cc1CN1CCOCC1. The highest BCUT2D eigenvalue weighted by Gasteiger charge is 2.70. The van der Waals surface area contributed by atoms with Crippen molar-refractivity contribution in [2.45, 2.75) is 183 Å². The number of aromatic amines is 1. The first-order chi connectivity index (χ1) is 30.6. The van der Waals surface area contributed by atoms with E-state index in [1.54, 1.807) is 11.1 Å². The molecule has 9 rings (SSSR count). The third kappa shape index (κ3) is 6.97. The minimum atomic E-state index is -2.18. The van der Waals surface area contributed by atoms with Gasteiger partial charge < -0.3 is 19.4 Å².